The summed E-state index contributed by atoms with van der Waals surface area (Å²) in [5.74, 6) is 8.52. The molecular weight excluding hydrogens is 230 g/mol. The second-order valence-corrected chi connectivity index (χ2v) is 8.03. The molecule has 0 saturated heterocycles. The lowest BCUT2D eigenvalue weighted by molar-refractivity contribution is -0.223. The summed E-state index contributed by atoms with van der Waals surface area (Å²) in [7, 11) is 0. The molecule has 110 valence electrons. The van der Waals surface area contributed by atoms with Crippen LogP contribution in [0.3, 0.4) is 0 Å². The minimum atomic E-state index is 0.867. The predicted octanol–water partition coefficient (Wildman–Crippen LogP) is 4.32. The van der Waals surface area contributed by atoms with E-state index in [1.54, 1.807) is 19.3 Å². The van der Waals surface area contributed by atoms with Crippen LogP contribution >= 0.6 is 0 Å². The average Bonchev–Trinajstić information content (AvgIpc) is 2.37. The molecule has 0 aromatic rings. The van der Waals surface area contributed by atoms with Gasteiger partial charge < -0.3 is 5.73 Å². The van der Waals surface area contributed by atoms with Gasteiger partial charge >= 0.3 is 0 Å². The minimum absolute atomic E-state index is 0.867. The summed E-state index contributed by atoms with van der Waals surface area (Å²) in [5.41, 5.74) is 5.61. The molecule has 3 saturated carbocycles. The van der Waals surface area contributed by atoms with Crippen molar-refractivity contribution in [3.05, 3.63) is 0 Å². The van der Waals surface area contributed by atoms with Crippen LogP contribution in [0, 0.1) is 47.3 Å². The first-order valence-corrected chi connectivity index (χ1v) is 8.85. The Morgan fingerprint density at radius 3 is 2.32 bits per heavy atom. The molecule has 3 aliphatic carbocycles. The fourth-order valence-electron chi connectivity index (χ4n) is 5.61. The maximum absolute atomic E-state index is 5.61. The summed E-state index contributed by atoms with van der Waals surface area (Å²) in [4.78, 5) is 0. The van der Waals surface area contributed by atoms with Crippen LogP contribution in [0.4, 0.5) is 0 Å². The molecule has 0 radical (unpaired) electrons. The summed E-state index contributed by atoms with van der Waals surface area (Å²) >= 11 is 0. The summed E-state index contributed by atoms with van der Waals surface area (Å²) < 4.78 is 0. The summed E-state index contributed by atoms with van der Waals surface area (Å²) in [6.07, 6.45) is 8.63. The molecule has 3 aliphatic rings. The van der Waals surface area contributed by atoms with E-state index in [4.69, 9.17) is 5.73 Å². The SMILES string of the molecule is CC(CCCCN)C(C)C(C)C1CC2C3CCC3C12. The van der Waals surface area contributed by atoms with Crippen LogP contribution in [0.1, 0.15) is 59.3 Å². The van der Waals surface area contributed by atoms with Crippen molar-refractivity contribution in [3.8, 4) is 0 Å². The monoisotopic (exact) mass is 263 g/mol. The van der Waals surface area contributed by atoms with Gasteiger partial charge in [0.05, 0.1) is 0 Å². The zero-order chi connectivity index (χ0) is 13.6. The molecule has 3 rings (SSSR count). The first-order valence-electron chi connectivity index (χ1n) is 8.85. The Hall–Kier alpha value is -0.0400. The number of rotatable bonds is 7. The van der Waals surface area contributed by atoms with Crippen LogP contribution in [0.5, 0.6) is 0 Å². The number of hydrogen-bond acceptors (Lipinski definition) is 1. The van der Waals surface area contributed by atoms with Gasteiger partial charge in [-0.2, -0.15) is 0 Å². The van der Waals surface area contributed by atoms with Crippen molar-refractivity contribution in [2.45, 2.75) is 59.3 Å². The van der Waals surface area contributed by atoms with Crippen LogP contribution in [-0.4, -0.2) is 6.54 Å². The third-order valence-corrected chi connectivity index (χ3v) is 7.48. The molecule has 0 aliphatic heterocycles. The van der Waals surface area contributed by atoms with E-state index in [0.29, 0.717) is 0 Å². The van der Waals surface area contributed by atoms with E-state index >= 15 is 0 Å². The third-order valence-electron chi connectivity index (χ3n) is 7.48. The lowest BCUT2D eigenvalue weighted by Gasteiger charge is -2.71. The maximum atomic E-state index is 5.61. The van der Waals surface area contributed by atoms with Crippen molar-refractivity contribution in [2.75, 3.05) is 6.54 Å². The van der Waals surface area contributed by atoms with Crippen molar-refractivity contribution < 1.29 is 0 Å². The molecule has 1 nitrogen and oxygen atoms in total. The van der Waals surface area contributed by atoms with Crippen LogP contribution in [0.15, 0.2) is 0 Å². The van der Waals surface area contributed by atoms with Gasteiger partial charge in [-0.1, -0.05) is 33.6 Å². The molecular formula is C18H33N. The number of unbranched alkanes of at least 4 members (excludes halogenated alkanes) is 1. The van der Waals surface area contributed by atoms with E-state index in [2.05, 4.69) is 20.8 Å². The largest absolute Gasteiger partial charge is 0.330 e. The van der Waals surface area contributed by atoms with Crippen molar-refractivity contribution >= 4 is 0 Å². The van der Waals surface area contributed by atoms with Gasteiger partial charge in [0.1, 0.15) is 0 Å². The summed E-state index contributed by atoms with van der Waals surface area (Å²) in [6.45, 7) is 8.41. The number of nitrogens with two attached hydrogens (primary N) is 1. The van der Waals surface area contributed by atoms with Gasteiger partial charge in [0, 0.05) is 0 Å². The van der Waals surface area contributed by atoms with E-state index in [-0.39, 0.29) is 0 Å². The van der Waals surface area contributed by atoms with Gasteiger partial charge in [0.2, 0.25) is 0 Å². The molecule has 0 bridgehead atoms. The van der Waals surface area contributed by atoms with Gasteiger partial charge in [-0.15, -0.1) is 0 Å². The zero-order valence-electron chi connectivity index (χ0n) is 13.1. The fourth-order valence-corrected chi connectivity index (χ4v) is 5.61. The molecule has 0 heterocycles. The molecule has 8 unspecified atom stereocenters. The van der Waals surface area contributed by atoms with Crippen LogP contribution < -0.4 is 5.73 Å². The molecule has 0 spiro atoms. The predicted molar refractivity (Wildman–Crippen MR) is 81.7 cm³/mol. The van der Waals surface area contributed by atoms with Crippen molar-refractivity contribution in [1.82, 2.24) is 0 Å². The lowest BCUT2D eigenvalue weighted by atomic mass is 9.34. The van der Waals surface area contributed by atoms with Gasteiger partial charge in [0.15, 0.2) is 0 Å². The summed E-state index contributed by atoms with van der Waals surface area (Å²) in [6, 6.07) is 0. The average molecular weight is 263 g/mol. The first-order chi connectivity index (χ1) is 9.15. The van der Waals surface area contributed by atoms with Crippen LogP contribution in [0.2, 0.25) is 0 Å². The Kier molecular flexibility index (Phi) is 3.95. The maximum Gasteiger partial charge on any atom is -0.00773 e. The van der Waals surface area contributed by atoms with Crippen LogP contribution in [0.25, 0.3) is 0 Å². The van der Waals surface area contributed by atoms with Gasteiger partial charge in [0.25, 0.3) is 0 Å². The Morgan fingerprint density at radius 2 is 1.74 bits per heavy atom. The number of fused-ring (bicyclic) bond motifs is 4. The Morgan fingerprint density at radius 1 is 1.00 bits per heavy atom. The van der Waals surface area contributed by atoms with Gasteiger partial charge in [-0.05, 0) is 79.6 Å². The Balaban J connectivity index is 1.46. The number of hydrogen-bond donors (Lipinski definition) is 1. The van der Waals surface area contributed by atoms with Crippen LogP contribution in [-0.2, 0) is 0 Å². The molecule has 0 aromatic heterocycles. The van der Waals surface area contributed by atoms with Gasteiger partial charge in [-0.3, -0.25) is 0 Å². The molecule has 0 aromatic carbocycles. The molecule has 2 N–H and O–H groups in total. The highest BCUT2D eigenvalue weighted by Gasteiger charge is 2.64. The standard InChI is InChI=1S/C18H33N/c1-11(6-4-5-9-19)12(2)13(3)16-10-17-14-7-8-15(14)18(16)17/h11-18H,4-10,19H2,1-3H3. The highest BCUT2D eigenvalue weighted by molar-refractivity contribution is 5.12. The Labute approximate surface area is 119 Å². The smallest absolute Gasteiger partial charge is 0.00773 e. The molecule has 3 fully saturated rings. The Bertz CT molecular complexity index is 307. The van der Waals surface area contributed by atoms with Crippen molar-refractivity contribution in [2.24, 2.45) is 53.1 Å². The quantitative estimate of drug-likeness (QED) is 0.680. The van der Waals surface area contributed by atoms with Crippen molar-refractivity contribution in [1.29, 1.82) is 0 Å². The second kappa shape index (κ2) is 5.39. The summed E-state index contributed by atoms with van der Waals surface area (Å²) in [5, 5.41) is 0. The second-order valence-electron chi connectivity index (χ2n) is 8.03. The topological polar surface area (TPSA) is 26.0 Å². The molecule has 0 amide bonds. The van der Waals surface area contributed by atoms with E-state index in [1.807, 2.05) is 0 Å². The molecule has 8 atom stereocenters. The van der Waals surface area contributed by atoms with Crippen molar-refractivity contribution in [3.63, 3.8) is 0 Å². The lowest BCUT2D eigenvalue weighted by Crippen LogP contribution is -2.64. The van der Waals surface area contributed by atoms with E-state index in [1.165, 1.54) is 37.0 Å². The highest BCUT2D eigenvalue weighted by atomic mass is 14.7. The highest BCUT2D eigenvalue weighted by Crippen LogP contribution is 2.71. The van der Waals surface area contributed by atoms with E-state index in [0.717, 1.165) is 36.1 Å². The van der Waals surface area contributed by atoms with E-state index in [9.17, 15) is 0 Å². The van der Waals surface area contributed by atoms with Gasteiger partial charge in [-0.25, -0.2) is 0 Å². The zero-order valence-corrected chi connectivity index (χ0v) is 13.1. The molecule has 1 heteroatoms. The van der Waals surface area contributed by atoms with E-state index < -0.39 is 0 Å². The normalized spacial score (nSPS) is 43.9. The third kappa shape index (κ3) is 2.17. The molecule has 19 heavy (non-hydrogen) atoms. The first kappa shape index (κ1) is 13.9. The minimum Gasteiger partial charge on any atom is -0.330 e. The fraction of sp³-hybridized carbons (Fsp3) is 1.00.